The molecule has 0 atom stereocenters. The van der Waals surface area contributed by atoms with Crippen molar-refractivity contribution >= 4 is 42.1 Å². The van der Waals surface area contributed by atoms with Crippen LogP contribution in [0.2, 0.25) is 6.55 Å². The van der Waals surface area contributed by atoms with Gasteiger partial charge in [0.05, 0.1) is 0 Å². The summed E-state index contributed by atoms with van der Waals surface area (Å²) in [6.45, 7) is 7.77. The van der Waals surface area contributed by atoms with Gasteiger partial charge in [0.1, 0.15) is 32.4 Å². The van der Waals surface area contributed by atoms with Crippen LogP contribution in [0.15, 0.2) is 66.3 Å². The molecule has 0 fully saturated rings. The normalized spacial score (nSPS) is 11.2. The van der Waals surface area contributed by atoms with Gasteiger partial charge in [-0.05, 0) is 50.8 Å². The fraction of sp³-hybridized carbons (Fsp3) is 0.370. The predicted molar refractivity (Wildman–Crippen MR) is 159 cm³/mol. The van der Waals surface area contributed by atoms with Gasteiger partial charge in [0.15, 0.2) is 5.16 Å². The van der Waals surface area contributed by atoms with E-state index < -0.39 is 8.07 Å². The van der Waals surface area contributed by atoms with E-state index in [0.717, 1.165) is 29.9 Å². The summed E-state index contributed by atoms with van der Waals surface area (Å²) in [6, 6.07) is 13.4. The zero-order valence-corrected chi connectivity index (χ0v) is 25.3. The molecule has 40 heavy (non-hydrogen) atoms. The molecule has 4 rings (SSSR count). The van der Waals surface area contributed by atoms with Gasteiger partial charge in [0, 0.05) is 32.5 Å². The molecule has 214 valence electrons. The Morgan fingerprint density at radius 3 is 2.05 bits per heavy atom. The number of thioether (sulfide) groups is 1. The van der Waals surface area contributed by atoms with Gasteiger partial charge < -0.3 is 15.4 Å². The smallest absolute Gasteiger partial charge is 0.228 e. The number of methoxy groups -OCH3 is 1. The minimum atomic E-state index is -2.22. The number of nitrogens with zero attached hydrogens (tertiary/aromatic N) is 6. The highest BCUT2D eigenvalue weighted by Gasteiger charge is 2.33. The Hall–Kier alpha value is -3.42. The van der Waals surface area contributed by atoms with E-state index in [0.29, 0.717) is 29.3 Å². The lowest BCUT2D eigenvalue weighted by Crippen LogP contribution is -2.59. The van der Waals surface area contributed by atoms with Gasteiger partial charge in [-0.25, -0.2) is 13.8 Å². The van der Waals surface area contributed by atoms with Gasteiger partial charge in [0.25, 0.3) is 0 Å². The van der Waals surface area contributed by atoms with Gasteiger partial charge in [-0.3, -0.25) is 4.68 Å². The van der Waals surface area contributed by atoms with Crippen LogP contribution < -0.4 is 21.0 Å². The Labute approximate surface area is 239 Å². The molecule has 2 N–H and O–H groups in total. The SMILES string of the molecule is COCCCNc1nc(NC(C)C)nc(SC)n1.C[Si](Cn1cncn1)(c1ccc(F)cc1)c1ccc(F)cc1. The monoisotopic (exact) mass is 586 g/mol. The first-order valence-electron chi connectivity index (χ1n) is 12.9. The summed E-state index contributed by atoms with van der Waals surface area (Å²) < 4.78 is 33.3. The molecule has 0 unspecified atom stereocenters. The van der Waals surface area contributed by atoms with Crippen LogP contribution in [-0.2, 0) is 10.9 Å². The maximum Gasteiger partial charge on any atom is 0.228 e. The highest BCUT2D eigenvalue weighted by atomic mass is 32.2. The number of aromatic nitrogens is 6. The van der Waals surface area contributed by atoms with Crippen molar-refractivity contribution in [2.45, 2.75) is 44.2 Å². The van der Waals surface area contributed by atoms with E-state index in [-0.39, 0.29) is 11.6 Å². The fourth-order valence-electron chi connectivity index (χ4n) is 3.89. The summed E-state index contributed by atoms with van der Waals surface area (Å²) in [6.07, 6.45) is 6.68. The molecule has 4 aromatic rings. The van der Waals surface area contributed by atoms with E-state index in [2.05, 4.69) is 42.2 Å². The molecule has 0 radical (unpaired) electrons. The second kappa shape index (κ2) is 15.4. The van der Waals surface area contributed by atoms with Crippen molar-refractivity contribution in [2.75, 3.05) is 37.2 Å². The summed E-state index contributed by atoms with van der Waals surface area (Å²) >= 11 is 1.50. The van der Waals surface area contributed by atoms with Crippen LogP contribution in [0, 0.1) is 11.6 Å². The van der Waals surface area contributed by atoms with E-state index in [9.17, 15) is 8.78 Å². The molecule has 2 heterocycles. The summed E-state index contributed by atoms with van der Waals surface area (Å²) in [4.78, 5) is 16.9. The Morgan fingerprint density at radius 1 is 0.950 bits per heavy atom. The first kappa shape index (κ1) is 31.1. The third-order valence-corrected chi connectivity index (χ3v) is 10.7. The third-order valence-electron chi connectivity index (χ3n) is 5.93. The van der Waals surface area contributed by atoms with Gasteiger partial charge >= 0.3 is 0 Å². The summed E-state index contributed by atoms with van der Waals surface area (Å²) in [5.74, 6) is 0.687. The zero-order chi connectivity index (χ0) is 29.0. The lowest BCUT2D eigenvalue weighted by Gasteiger charge is -2.28. The van der Waals surface area contributed by atoms with Crippen molar-refractivity contribution in [3.63, 3.8) is 0 Å². The molecule has 0 spiro atoms. The average molecular weight is 587 g/mol. The van der Waals surface area contributed by atoms with Crippen LogP contribution in [0.3, 0.4) is 0 Å². The molecule has 0 saturated heterocycles. The van der Waals surface area contributed by atoms with Crippen LogP contribution in [0.4, 0.5) is 20.7 Å². The standard InChI is InChI=1S/C16H15F2N3Si.C11H21N5OS/c1-22(12-21-11-19-10-20-21,15-6-2-13(17)3-7-15)16-8-4-14(18)5-9-16;1-8(2)13-10-14-9(12-6-5-7-17-3)15-11(16-10)18-4/h2-11H,12H2,1H3;8H,5-7H2,1-4H3,(H2,12,13,14,15,16). The summed E-state index contributed by atoms with van der Waals surface area (Å²) in [5, 5.41) is 13.4. The predicted octanol–water partition coefficient (Wildman–Crippen LogP) is 3.85. The Morgan fingerprint density at radius 2 is 1.55 bits per heavy atom. The van der Waals surface area contributed by atoms with Gasteiger partial charge in [-0.2, -0.15) is 20.1 Å². The van der Waals surface area contributed by atoms with Gasteiger partial charge in [-0.15, -0.1) is 0 Å². The quantitative estimate of drug-likeness (QED) is 0.146. The number of rotatable bonds is 12. The minimum absolute atomic E-state index is 0.264. The van der Waals surface area contributed by atoms with Crippen molar-refractivity contribution < 1.29 is 13.5 Å². The number of hydrogen-bond donors (Lipinski definition) is 2. The van der Waals surface area contributed by atoms with Crippen molar-refractivity contribution in [1.29, 1.82) is 0 Å². The van der Waals surface area contributed by atoms with Crippen molar-refractivity contribution in [1.82, 2.24) is 29.7 Å². The van der Waals surface area contributed by atoms with Crippen LogP contribution in [0.25, 0.3) is 0 Å². The molecule has 0 amide bonds. The number of ether oxygens (including phenoxy) is 1. The van der Waals surface area contributed by atoms with E-state index in [1.54, 1.807) is 18.1 Å². The molecular weight excluding hydrogens is 551 g/mol. The molecular formula is C27H36F2N8OSSi. The van der Waals surface area contributed by atoms with Crippen LogP contribution in [-0.4, -0.2) is 70.3 Å². The lowest BCUT2D eigenvalue weighted by molar-refractivity contribution is 0.197. The van der Waals surface area contributed by atoms with Crippen molar-refractivity contribution in [3.8, 4) is 0 Å². The van der Waals surface area contributed by atoms with E-state index >= 15 is 0 Å². The van der Waals surface area contributed by atoms with Crippen LogP contribution in [0.1, 0.15) is 20.3 Å². The number of hydrogen-bond acceptors (Lipinski definition) is 9. The Balaban J connectivity index is 0.000000226. The molecule has 0 bridgehead atoms. The molecule has 0 aliphatic heterocycles. The second-order valence-electron chi connectivity index (χ2n) is 9.48. The highest BCUT2D eigenvalue weighted by Crippen LogP contribution is 2.14. The highest BCUT2D eigenvalue weighted by molar-refractivity contribution is 7.98. The maximum atomic E-state index is 13.2. The molecule has 2 aromatic heterocycles. The zero-order valence-electron chi connectivity index (χ0n) is 23.4. The van der Waals surface area contributed by atoms with E-state index in [4.69, 9.17) is 4.74 Å². The van der Waals surface area contributed by atoms with Crippen molar-refractivity contribution in [3.05, 3.63) is 72.8 Å². The Bertz CT molecular complexity index is 1250. The number of halogens is 2. The minimum Gasteiger partial charge on any atom is -0.385 e. The second-order valence-corrected chi connectivity index (χ2v) is 14.4. The van der Waals surface area contributed by atoms with Gasteiger partial charge in [0.2, 0.25) is 11.9 Å². The lowest BCUT2D eigenvalue weighted by atomic mass is 10.3. The van der Waals surface area contributed by atoms with Gasteiger partial charge in [-0.1, -0.05) is 52.9 Å². The number of anilines is 2. The van der Waals surface area contributed by atoms with E-state index in [1.807, 2.05) is 44.4 Å². The molecule has 9 nitrogen and oxygen atoms in total. The first-order valence-corrected chi connectivity index (χ1v) is 16.8. The van der Waals surface area contributed by atoms with Crippen LogP contribution >= 0.6 is 11.8 Å². The third kappa shape index (κ3) is 9.35. The van der Waals surface area contributed by atoms with Crippen LogP contribution in [0.5, 0.6) is 0 Å². The maximum absolute atomic E-state index is 13.2. The number of benzene rings is 2. The molecule has 2 aromatic carbocycles. The molecule has 13 heteroatoms. The average Bonchev–Trinajstić information content (AvgIpc) is 3.44. The van der Waals surface area contributed by atoms with E-state index in [1.165, 1.54) is 42.4 Å². The molecule has 0 aliphatic carbocycles. The number of nitrogens with one attached hydrogen (secondary N) is 2. The topological polar surface area (TPSA) is 103 Å². The fourth-order valence-corrected chi connectivity index (χ4v) is 7.56. The molecule has 0 aliphatic rings. The first-order chi connectivity index (χ1) is 19.2. The summed E-state index contributed by atoms with van der Waals surface area (Å²) in [7, 11) is -0.531. The Kier molecular flexibility index (Phi) is 12.0. The largest absolute Gasteiger partial charge is 0.385 e. The summed E-state index contributed by atoms with van der Waals surface area (Å²) in [5.41, 5.74) is 0. The molecule has 0 saturated carbocycles. The van der Waals surface area contributed by atoms with Crippen molar-refractivity contribution in [2.24, 2.45) is 0 Å².